The summed E-state index contributed by atoms with van der Waals surface area (Å²) in [5, 5.41) is 0. The number of nitrogens with zero attached hydrogens (tertiary/aromatic N) is 4. The van der Waals surface area contributed by atoms with Crippen LogP contribution in [0, 0.1) is 11.8 Å². The summed E-state index contributed by atoms with van der Waals surface area (Å²) in [7, 11) is 3.71. The van der Waals surface area contributed by atoms with Gasteiger partial charge in [-0.3, -0.25) is 5.43 Å². The first-order valence-corrected chi connectivity index (χ1v) is 6.78. The van der Waals surface area contributed by atoms with Crippen LogP contribution in [0.3, 0.4) is 0 Å². The summed E-state index contributed by atoms with van der Waals surface area (Å²) >= 11 is 0. The molecule has 1 aromatic heterocycles. The van der Waals surface area contributed by atoms with Crippen LogP contribution in [0.15, 0.2) is 12.2 Å². The Hall–Kier alpha value is -1.89. The van der Waals surface area contributed by atoms with Crippen LogP contribution in [0.4, 0.5) is 11.9 Å². The molecular weight excluding hydrogens is 256 g/mol. The summed E-state index contributed by atoms with van der Waals surface area (Å²) in [6.07, 6.45) is 6.57. The highest BCUT2D eigenvalue weighted by Gasteiger charge is 2.20. The quantitative estimate of drug-likeness (QED) is 0.475. The number of allylic oxidation sites excluding steroid dienone is 2. The molecule has 0 aliphatic heterocycles. The van der Waals surface area contributed by atoms with Crippen molar-refractivity contribution in [2.75, 3.05) is 31.0 Å². The maximum absolute atomic E-state index is 5.73. The van der Waals surface area contributed by atoms with E-state index in [2.05, 4.69) is 39.5 Å². The second-order valence-corrected chi connectivity index (χ2v) is 5.27. The predicted octanol–water partition coefficient (Wildman–Crippen LogP) is 1.20. The molecule has 0 amide bonds. The molecule has 7 heteroatoms. The van der Waals surface area contributed by atoms with E-state index in [1.807, 2.05) is 14.1 Å². The van der Waals surface area contributed by atoms with E-state index in [9.17, 15) is 0 Å². The molecule has 7 nitrogen and oxygen atoms in total. The first-order chi connectivity index (χ1) is 9.60. The number of hydrogen-bond acceptors (Lipinski definition) is 7. The standard InChI is InChI=1S/C13H22N6O/c1-9-6-4-5-7-10(9)8-20-13-16-11(18-14)15-12(17-13)19(2)3/h4-5,9-10H,6-8,14H2,1-3H3,(H,15,16,17,18). The van der Waals surface area contributed by atoms with Gasteiger partial charge in [0.15, 0.2) is 0 Å². The predicted molar refractivity (Wildman–Crippen MR) is 78.5 cm³/mol. The number of hydrazine groups is 1. The van der Waals surface area contributed by atoms with Crippen molar-refractivity contribution in [1.29, 1.82) is 0 Å². The lowest BCUT2D eigenvalue weighted by Crippen LogP contribution is -2.23. The molecule has 20 heavy (non-hydrogen) atoms. The minimum atomic E-state index is 0.301. The number of rotatable bonds is 5. The molecule has 2 rings (SSSR count). The van der Waals surface area contributed by atoms with Gasteiger partial charge in [-0.1, -0.05) is 19.1 Å². The molecule has 0 spiro atoms. The first-order valence-electron chi connectivity index (χ1n) is 6.78. The number of nitrogen functional groups attached to an aromatic ring is 1. The average Bonchev–Trinajstić information content (AvgIpc) is 2.46. The van der Waals surface area contributed by atoms with Crippen LogP contribution in [0.25, 0.3) is 0 Å². The number of nitrogens with one attached hydrogen (secondary N) is 1. The molecule has 3 N–H and O–H groups in total. The van der Waals surface area contributed by atoms with Gasteiger partial charge in [-0.25, -0.2) is 5.84 Å². The lowest BCUT2D eigenvalue weighted by atomic mass is 9.85. The zero-order chi connectivity index (χ0) is 14.5. The lowest BCUT2D eigenvalue weighted by Gasteiger charge is -2.24. The summed E-state index contributed by atoms with van der Waals surface area (Å²) in [4.78, 5) is 14.3. The summed E-state index contributed by atoms with van der Waals surface area (Å²) in [6.45, 7) is 2.84. The molecule has 0 saturated carbocycles. The van der Waals surface area contributed by atoms with E-state index in [0.29, 0.717) is 36.3 Å². The van der Waals surface area contributed by atoms with Crippen LogP contribution >= 0.6 is 0 Å². The average molecular weight is 278 g/mol. The molecule has 2 unspecified atom stereocenters. The van der Waals surface area contributed by atoms with Gasteiger partial charge in [0.1, 0.15) is 0 Å². The highest BCUT2D eigenvalue weighted by molar-refractivity contribution is 5.36. The molecule has 1 heterocycles. The second-order valence-electron chi connectivity index (χ2n) is 5.27. The van der Waals surface area contributed by atoms with Gasteiger partial charge in [0, 0.05) is 14.1 Å². The third-order valence-corrected chi connectivity index (χ3v) is 3.48. The number of ether oxygens (including phenoxy) is 1. The zero-order valence-electron chi connectivity index (χ0n) is 12.2. The summed E-state index contributed by atoms with van der Waals surface area (Å²) < 4.78 is 5.73. The Kier molecular flexibility index (Phi) is 4.73. The van der Waals surface area contributed by atoms with Gasteiger partial charge in [0.2, 0.25) is 11.9 Å². The highest BCUT2D eigenvalue weighted by atomic mass is 16.5. The summed E-state index contributed by atoms with van der Waals surface area (Å²) in [6, 6.07) is 0.304. The van der Waals surface area contributed by atoms with Crippen molar-refractivity contribution in [3.05, 3.63) is 12.2 Å². The molecule has 110 valence electrons. The van der Waals surface area contributed by atoms with Crippen LogP contribution in [0.1, 0.15) is 19.8 Å². The SMILES string of the molecule is CC1CC=CCC1COc1nc(NN)nc(N(C)C)n1. The fourth-order valence-electron chi connectivity index (χ4n) is 2.10. The van der Waals surface area contributed by atoms with Crippen molar-refractivity contribution in [3.8, 4) is 6.01 Å². The molecule has 2 atom stereocenters. The van der Waals surface area contributed by atoms with Crippen molar-refractivity contribution < 1.29 is 4.74 Å². The van der Waals surface area contributed by atoms with Gasteiger partial charge >= 0.3 is 6.01 Å². The van der Waals surface area contributed by atoms with Gasteiger partial charge < -0.3 is 9.64 Å². The molecule has 1 aromatic rings. The van der Waals surface area contributed by atoms with Gasteiger partial charge in [0.05, 0.1) is 6.61 Å². The topological polar surface area (TPSA) is 89.2 Å². The van der Waals surface area contributed by atoms with Crippen LogP contribution in [-0.4, -0.2) is 35.7 Å². The zero-order valence-corrected chi connectivity index (χ0v) is 12.2. The van der Waals surface area contributed by atoms with Crippen LogP contribution in [0.2, 0.25) is 0 Å². The number of hydrogen-bond donors (Lipinski definition) is 2. The van der Waals surface area contributed by atoms with E-state index in [0.717, 1.165) is 12.8 Å². The highest BCUT2D eigenvalue weighted by Crippen LogP contribution is 2.25. The maximum Gasteiger partial charge on any atom is 0.323 e. The molecule has 1 aliphatic carbocycles. The van der Waals surface area contributed by atoms with E-state index in [1.54, 1.807) is 4.90 Å². The Balaban J connectivity index is 2.04. The molecule has 0 radical (unpaired) electrons. The molecule has 0 saturated heterocycles. The number of nitrogens with two attached hydrogens (primary N) is 1. The minimum absolute atomic E-state index is 0.301. The fraction of sp³-hybridized carbons (Fsp3) is 0.615. The third-order valence-electron chi connectivity index (χ3n) is 3.48. The maximum atomic E-state index is 5.73. The molecule has 1 aliphatic rings. The Morgan fingerprint density at radius 3 is 2.70 bits per heavy atom. The monoisotopic (exact) mass is 278 g/mol. The smallest absolute Gasteiger partial charge is 0.323 e. The van der Waals surface area contributed by atoms with Crippen LogP contribution in [-0.2, 0) is 0 Å². The van der Waals surface area contributed by atoms with E-state index in [4.69, 9.17) is 10.6 Å². The van der Waals surface area contributed by atoms with E-state index < -0.39 is 0 Å². The summed E-state index contributed by atoms with van der Waals surface area (Å²) in [5.74, 6) is 7.28. The van der Waals surface area contributed by atoms with Crippen molar-refractivity contribution in [2.45, 2.75) is 19.8 Å². The van der Waals surface area contributed by atoms with Gasteiger partial charge in [-0.05, 0) is 24.7 Å². The minimum Gasteiger partial charge on any atom is -0.463 e. The van der Waals surface area contributed by atoms with Gasteiger partial charge in [0.25, 0.3) is 0 Å². The van der Waals surface area contributed by atoms with Gasteiger partial charge in [-0.15, -0.1) is 0 Å². The largest absolute Gasteiger partial charge is 0.463 e. The second kappa shape index (κ2) is 6.51. The van der Waals surface area contributed by atoms with Crippen molar-refractivity contribution in [2.24, 2.45) is 17.7 Å². The Bertz CT molecular complexity index is 476. The third kappa shape index (κ3) is 3.57. The van der Waals surface area contributed by atoms with E-state index in [-0.39, 0.29) is 0 Å². The molecule has 0 bridgehead atoms. The lowest BCUT2D eigenvalue weighted by molar-refractivity contribution is 0.186. The number of aromatic nitrogens is 3. The fourth-order valence-corrected chi connectivity index (χ4v) is 2.10. The van der Waals surface area contributed by atoms with Crippen molar-refractivity contribution in [1.82, 2.24) is 15.0 Å². The Morgan fingerprint density at radius 1 is 1.30 bits per heavy atom. The normalized spacial score (nSPS) is 21.6. The van der Waals surface area contributed by atoms with Gasteiger partial charge in [-0.2, -0.15) is 15.0 Å². The first kappa shape index (κ1) is 14.5. The van der Waals surface area contributed by atoms with E-state index in [1.165, 1.54) is 0 Å². The van der Waals surface area contributed by atoms with Crippen LogP contribution < -0.4 is 20.9 Å². The molecule has 0 aromatic carbocycles. The molecular formula is C13H22N6O. The number of anilines is 2. The Labute approximate surface area is 119 Å². The Morgan fingerprint density at radius 2 is 2.05 bits per heavy atom. The van der Waals surface area contributed by atoms with Crippen LogP contribution in [0.5, 0.6) is 6.01 Å². The van der Waals surface area contributed by atoms with Crippen molar-refractivity contribution >= 4 is 11.9 Å². The van der Waals surface area contributed by atoms with Crippen molar-refractivity contribution in [3.63, 3.8) is 0 Å². The van der Waals surface area contributed by atoms with E-state index >= 15 is 0 Å². The summed E-state index contributed by atoms with van der Waals surface area (Å²) in [5.41, 5.74) is 2.43. The molecule has 0 fully saturated rings.